The van der Waals surface area contributed by atoms with Crippen LogP contribution in [-0.4, -0.2) is 41.7 Å². The standard InChI is InChI=1S/C30H35BrN2O3S/c1-4-22(2)32-30(35)28(18-23-9-6-5-7-10-23)33(19-25-11-8-12-26(31)17-25)29(34)21-37-20-24-13-15-27(36-3)16-14-24/h5-17,22,28H,4,18-21H2,1-3H3,(H,32,35). The van der Waals surface area contributed by atoms with Gasteiger partial charge in [0.05, 0.1) is 12.9 Å². The molecule has 0 spiro atoms. The van der Waals surface area contributed by atoms with Crippen LogP contribution in [0.15, 0.2) is 83.3 Å². The highest BCUT2D eigenvalue weighted by atomic mass is 79.9. The van der Waals surface area contributed by atoms with Crippen LogP contribution in [0.5, 0.6) is 5.75 Å². The molecule has 0 saturated carbocycles. The summed E-state index contributed by atoms with van der Waals surface area (Å²) in [4.78, 5) is 29.0. The smallest absolute Gasteiger partial charge is 0.243 e. The Morgan fingerprint density at radius 2 is 1.68 bits per heavy atom. The van der Waals surface area contributed by atoms with Crippen molar-refractivity contribution in [2.75, 3.05) is 12.9 Å². The van der Waals surface area contributed by atoms with Gasteiger partial charge in [0.15, 0.2) is 0 Å². The summed E-state index contributed by atoms with van der Waals surface area (Å²) < 4.78 is 6.17. The summed E-state index contributed by atoms with van der Waals surface area (Å²) in [5.74, 6) is 1.60. The van der Waals surface area contributed by atoms with Gasteiger partial charge in [0, 0.05) is 29.2 Å². The number of hydrogen-bond acceptors (Lipinski definition) is 4. The van der Waals surface area contributed by atoms with Crippen LogP contribution in [0.3, 0.4) is 0 Å². The van der Waals surface area contributed by atoms with Crippen LogP contribution < -0.4 is 10.1 Å². The van der Waals surface area contributed by atoms with Crippen molar-refractivity contribution in [3.05, 3.63) is 100 Å². The molecule has 3 aromatic carbocycles. The molecular formula is C30H35BrN2O3S. The third-order valence-electron chi connectivity index (χ3n) is 6.17. The first-order chi connectivity index (χ1) is 17.9. The SMILES string of the molecule is CCC(C)NC(=O)C(Cc1ccccc1)N(Cc1cccc(Br)c1)C(=O)CSCc1ccc(OC)cc1. The summed E-state index contributed by atoms with van der Waals surface area (Å²) >= 11 is 5.08. The Labute approximate surface area is 233 Å². The predicted molar refractivity (Wildman–Crippen MR) is 156 cm³/mol. The quantitative estimate of drug-likeness (QED) is 0.259. The van der Waals surface area contributed by atoms with E-state index in [1.165, 1.54) is 0 Å². The lowest BCUT2D eigenvalue weighted by Crippen LogP contribution is -2.52. The number of halogens is 1. The van der Waals surface area contributed by atoms with Gasteiger partial charge in [-0.1, -0.05) is 77.5 Å². The Bertz CT molecular complexity index is 1140. The fourth-order valence-electron chi connectivity index (χ4n) is 3.89. The second-order valence-corrected chi connectivity index (χ2v) is 10.9. The summed E-state index contributed by atoms with van der Waals surface area (Å²) in [5.41, 5.74) is 3.11. The minimum atomic E-state index is -0.621. The number of thioether (sulfide) groups is 1. The topological polar surface area (TPSA) is 58.6 Å². The maximum atomic E-state index is 13.7. The van der Waals surface area contributed by atoms with E-state index < -0.39 is 6.04 Å². The third kappa shape index (κ3) is 9.24. The third-order valence-corrected chi connectivity index (χ3v) is 7.65. The van der Waals surface area contributed by atoms with E-state index in [9.17, 15) is 9.59 Å². The van der Waals surface area contributed by atoms with Gasteiger partial charge in [-0.15, -0.1) is 11.8 Å². The zero-order valence-electron chi connectivity index (χ0n) is 21.7. The van der Waals surface area contributed by atoms with E-state index in [1.807, 2.05) is 92.7 Å². The van der Waals surface area contributed by atoms with Gasteiger partial charge in [0.1, 0.15) is 11.8 Å². The number of amides is 2. The molecule has 0 aliphatic rings. The summed E-state index contributed by atoms with van der Waals surface area (Å²) in [5, 5.41) is 3.11. The Hall–Kier alpha value is -2.77. The van der Waals surface area contributed by atoms with Crippen LogP contribution in [-0.2, 0) is 28.3 Å². The van der Waals surface area contributed by atoms with E-state index in [1.54, 1.807) is 23.8 Å². The highest BCUT2D eigenvalue weighted by molar-refractivity contribution is 9.10. The first-order valence-corrected chi connectivity index (χ1v) is 14.4. The number of nitrogens with zero attached hydrogens (tertiary/aromatic N) is 1. The molecule has 3 aromatic rings. The lowest BCUT2D eigenvalue weighted by atomic mass is 10.0. The van der Waals surface area contributed by atoms with Crippen LogP contribution in [0.1, 0.15) is 37.0 Å². The van der Waals surface area contributed by atoms with Gasteiger partial charge >= 0.3 is 0 Å². The number of carbonyl (C=O) groups is 2. The summed E-state index contributed by atoms with van der Waals surface area (Å²) in [6, 6.07) is 25.0. The Kier molecular flexibility index (Phi) is 11.5. The molecule has 3 rings (SSSR count). The van der Waals surface area contributed by atoms with Crippen molar-refractivity contribution in [1.82, 2.24) is 10.2 Å². The Morgan fingerprint density at radius 1 is 0.973 bits per heavy atom. The number of ether oxygens (including phenoxy) is 1. The van der Waals surface area contributed by atoms with Crippen molar-refractivity contribution in [2.45, 2.75) is 51.1 Å². The monoisotopic (exact) mass is 582 g/mol. The van der Waals surface area contributed by atoms with E-state index in [0.717, 1.165) is 33.3 Å². The molecular weight excluding hydrogens is 548 g/mol. The minimum absolute atomic E-state index is 0.0260. The fourth-order valence-corrected chi connectivity index (χ4v) is 5.21. The first kappa shape index (κ1) is 28.8. The molecule has 0 heterocycles. The second kappa shape index (κ2) is 14.8. The highest BCUT2D eigenvalue weighted by Gasteiger charge is 2.30. The summed E-state index contributed by atoms with van der Waals surface area (Å²) in [7, 11) is 1.64. The van der Waals surface area contributed by atoms with E-state index in [0.29, 0.717) is 18.7 Å². The normalized spacial score (nSPS) is 12.4. The molecule has 7 heteroatoms. The molecule has 0 aliphatic heterocycles. The number of rotatable bonds is 13. The Morgan fingerprint density at radius 3 is 2.32 bits per heavy atom. The van der Waals surface area contributed by atoms with E-state index in [-0.39, 0.29) is 23.6 Å². The molecule has 0 aromatic heterocycles. The first-order valence-electron chi connectivity index (χ1n) is 12.5. The van der Waals surface area contributed by atoms with Crippen LogP contribution >= 0.6 is 27.7 Å². The largest absolute Gasteiger partial charge is 0.497 e. The van der Waals surface area contributed by atoms with E-state index >= 15 is 0 Å². The molecule has 0 radical (unpaired) electrons. The zero-order valence-corrected chi connectivity index (χ0v) is 24.1. The van der Waals surface area contributed by atoms with Gasteiger partial charge in [-0.05, 0) is 54.3 Å². The van der Waals surface area contributed by atoms with E-state index in [2.05, 4.69) is 21.2 Å². The molecule has 37 heavy (non-hydrogen) atoms. The summed E-state index contributed by atoms with van der Waals surface area (Å²) in [6.07, 6.45) is 1.27. The molecule has 2 atom stereocenters. The van der Waals surface area contributed by atoms with Crippen LogP contribution in [0.25, 0.3) is 0 Å². The second-order valence-electron chi connectivity index (χ2n) is 9.02. The van der Waals surface area contributed by atoms with Crippen molar-refractivity contribution in [3.8, 4) is 5.75 Å². The number of carbonyl (C=O) groups excluding carboxylic acids is 2. The molecule has 2 amide bonds. The molecule has 0 saturated heterocycles. The lowest BCUT2D eigenvalue weighted by Gasteiger charge is -2.32. The van der Waals surface area contributed by atoms with Crippen LogP contribution in [0, 0.1) is 0 Å². The maximum Gasteiger partial charge on any atom is 0.243 e. The van der Waals surface area contributed by atoms with Crippen molar-refractivity contribution in [3.63, 3.8) is 0 Å². The van der Waals surface area contributed by atoms with Crippen LogP contribution in [0.4, 0.5) is 0 Å². The Balaban J connectivity index is 1.83. The molecule has 2 unspecified atom stereocenters. The van der Waals surface area contributed by atoms with Crippen molar-refractivity contribution in [1.29, 1.82) is 0 Å². The molecule has 0 fully saturated rings. The predicted octanol–water partition coefficient (Wildman–Crippen LogP) is 6.25. The van der Waals surface area contributed by atoms with Gasteiger partial charge in [0.2, 0.25) is 11.8 Å². The van der Waals surface area contributed by atoms with Gasteiger partial charge in [-0.2, -0.15) is 0 Å². The van der Waals surface area contributed by atoms with Gasteiger partial charge in [0.25, 0.3) is 0 Å². The maximum absolute atomic E-state index is 13.7. The molecule has 1 N–H and O–H groups in total. The van der Waals surface area contributed by atoms with E-state index in [4.69, 9.17) is 4.74 Å². The van der Waals surface area contributed by atoms with Crippen molar-refractivity contribution >= 4 is 39.5 Å². The van der Waals surface area contributed by atoms with Crippen LogP contribution in [0.2, 0.25) is 0 Å². The zero-order chi connectivity index (χ0) is 26.6. The average Bonchev–Trinajstić information content (AvgIpc) is 2.91. The fraction of sp³-hybridized carbons (Fsp3) is 0.333. The minimum Gasteiger partial charge on any atom is -0.497 e. The highest BCUT2D eigenvalue weighted by Crippen LogP contribution is 2.21. The van der Waals surface area contributed by atoms with Gasteiger partial charge in [-0.25, -0.2) is 0 Å². The molecule has 196 valence electrons. The summed E-state index contributed by atoms with van der Waals surface area (Å²) in [6.45, 7) is 4.38. The van der Waals surface area contributed by atoms with Gasteiger partial charge in [-0.3, -0.25) is 9.59 Å². The average molecular weight is 584 g/mol. The van der Waals surface area contributed by atoms with Crippen molar-refractivity contribution in [2.24, 2.45) is 0 Å². The molecule has 0 aliphatic carbocycles. The number of nitrogens with one attached hydrogen (secondary N) is 1. The molecule has 5 nitrogen and oxygen atoms in total. The number of hydrogen-bond donors (Lipinski definition) is 1. The number of benzene rings is 3. The van der Waals surface area contributed by atoms with Gasteiger partial charge < -0.3 is 15.0 Å². The van der Waals surface area contributed by atoms with Crippen molar-refractivity contribution < 1.29 is 14.3 Å². The molecule has 0 bridgehead atoms. The number of methoxy groups -OCH3 is 1. The lowest BCUT2D eigenvalue weighted by molar-refractivity contribution is -0.139.